The Hall–Kier alpha value is -1.88. The lowest BCUT2D eigenvalue weighted by atomic mass is 10.1. The van der Waals surface area contributed by atoms with E-state index in [1.165, 1.54) is 6.08 Å². The van der Waals surface area contributed by atoms with E-state index in [0.717, 1.165) is 0 Å². The summed E-state index contributed by atoms with van der Waals surface area (Å²) in [6.07, 6.45) is 1.26. The zero-order valence-corrected chi connectivity index (χ0v) is 13.7. The third kappa shape index (κ3) is 5.15. The van der Waals surface area contributed by atoms with Gasteiger partial charge in [-0.3, -0.25) is 4.79 Å². The van der Waals surface area contributed by atoms with Crippen LogP contribution in [-0.2, 0) is 0 Å². The van der Waals surface area contributed by atoms with E-state index in [-0.39, 0.29) is 31.1 Å². The van der Waals surface area contributed by atoms with Crippen molar-refractivity contribution in [3.63, 3.8) is 0 Å². The van der Waals surface area contributed by atoms with Gasteiger partial charge in [-0.05, 0) is 58.0 Å². The topological polar surface area (TPSA) is 55.6 Å². The third-order valence-electron chi connectivity index (χ3n) is 3.16. The zero-order chi connectivity index (χ0) is 16.7. The summed E-state index contributed by atoms with van der Waals surface area (Å²) in [7, 11) is 0. The number of nitrogens with two attached hydrogens (primary N) is 1. The van der Waals surface area contributed by atoms with E-state index in [9.17, 15) is 9.18 Å². The monoisotopic (exact) mass is 308 g/mol. The molecule has 1 aromatic carbocycles. The van der Waals surface area contributed by atoms with Gasteiger partial charge in [0.15, 0.2) is 0 Å². The minimum absolute atomic E-state index is 0.0224. The van der Waals surface area contributed by atoms with Gasteiger partial charge in [-0.15, -0.1) is 0 Å². The predicted octanol–water partition coefficient (Wildman–Crippen LogP) is 3.14. The first kappa shape index (κ1) is 18.2. The maximum atomic E-state index is 13.2. The van der Waals surface area contributed by atoms with Gasteiger partial charge in [0.1, 0.15) is 18.2 Å². The van der Waals surface area contributed by atoms with Gasteiger partial charge in [-0.2, -0.15) is 0 Å². The second-order valence-corrected chi connectivity index (χ2v) is 5.60. The number of carbonyl (C=O) groups excluding carboxylic acids is 1. The summed E-state index contributed by atoms with van der Waals surface area (Å²) < 4.78 is 18.5. The lowest BCUT2D eigenvalue weighted by Gasteiger charge is -2.30. The summed E-state index contributed by atoms with van der Waals surface area (Å²) in [5, 5.41) is 0. The van der Waals surface area contributed by atoms with E-state index in [4.69, 9.17) is 10.5 Å². The predicted molar refractivity (Wildman–Crippen MR) is 86.6 cm³/mol. The molecule has 0 radical (unpaired) electrons. The summed E-state index contributed by atoms with van der Waals surface area (Å²) in [4.78, 5) is 14.3. The molecule has 4 nitrogen and oxygen atoms in total. The van der Waals surface area contributed by atoms with E-state index in [1.807, 2.05) is 32.6 Å². The van der Waals surface area contributed by atoms with Crippen molar-refractivity contribution in [2.75, 3.05) is 13.2 Å². The summed E-state index contributed by atoms with van der Waals surface area (Å²) in [5.41, 5.74) is 5.80. The molecule has 22 heavy (non-hydrogen) atoms. The normalized spacial score (nSPS) is 11.9. The summed E-state index contributed by atoms with van der Waals surface area (Å²) in [6, 6.07) is 6.97. The Balaban J connectivity index is 2.75. The van der Waals surface area contributed by atoms with Crippen LogP contribution < -0.4 is 10.5 Å². The van der Waals surface area contributed by atoms with Gasteiger partial charge in [-0.25, -0.2) is 4.39 Å². The first-order valence-corrected chi connectivity index (χ1v) is 7.47. The minimum atomic E-state index is -0.409. The summed E-state index contributed by atoms with van der Waals surface area (Å²) >= 11 is 0. The fourth-order valence-electron chi connectivity index (χ4n) is 2.25. The highest BCUT2D eigenvalue weighted by Gasteiger charge is 2.21. The number of ether oxygens (including phenoxy) is 1. The van der Waals surface area contributed by atoms with Crippen LogP contribution in [-0.4, -0.2) is 36.0 Å². The molecule has 122 valence electrons. The van der Waals surface area contributed by atoms with Gasteiger partial charge in [-0.1, -0.05) is 0 Å². The Bertz CT molecular complexity index is 502. The van der Waals surface area contributed by atoms with E-state index in [2.05, 4.69) is 0 Å². The highest BCUT2D eigenvalue weighted by Crippen LogP contribution is 2.17. The number of hydrogen-bond donors (Lipinski definition) is 1. The molecule has 1 aromatic rings. The second kappa shape index (κ2) is 8.54. The minimum Gasteiger partial charge on any atom is -0.487 e. The number of benzene rings is 1. The molecule has 0 spiro atoms. The van der Waals surface area contributed by atoms with Gasteiger partial charge < -0.3 is 15.4 Å². The standard InChI is InChI=1S/C17H25FN2O2/c1-12(2)20(13(3)4)17(21)14-5-7-16(8-6-14)22-11-15(18)9-10-19/h5-9,12-13H,10-11,19H2,1-4H3/b15-9-. The van der Waals surface area contributed by atoms with Crippen LogP contribution in [0.25, 0.3) is 0 Å². The van der Waals surface area contributed by atoms with Crippen LogP contribution in [0.15, 0.2) is 36.2 Å². The molecule has 0 heterocycles. The Morgan fingerprint density at radius 2 is 1.77 bits per heavy atom. The first-order chi connectivity index (χ1) is 10.4. The van der Waals surface area contributed by atoms with Crippen LogP contribution in [0.4, 0.5) is 4.39 Å². The van der Waals surface area contributed by atoms with Crippen LogP contribution in [0.3, 0.4) is 0 Å². The molecule has 0 saturated carbocycles. The number of nitrogens with zero attached hydrogens (tertiary/aromatic N) is 1. The van der Waals surface area contributed by atoms with E-state index in [0.29, 0.717) is 11.3 Å². The SMILES string of the molecule is CC(C)N(C(=O)c1ccc(OC/C(F)=C/CN)cc1)C(C)C. The number of hydrogen-bond acceptors (Lipinski definition) is 3. The molecule has 0 unspecified atom stereocenters. The maximum absolute atomic E-state index is 13.2. The van der Waals surface area contributed by atoms with Crippen molar-refractivity contribution < 1.29 is 13.9 Å². The second-order valence-electron chi connectivity index (χ2n) is 5.60. The van der Waals surface area contributed by atoms with Crippen LogP contribution >= 0.6 is 0 Å². The molecular formula is C17H25FN2O2. The molecule has 0 saturated heterocycles. The molecule has 2 N–H and O–H groups in total. The zero-order valence-electron chi connectivity index (χ0n) is 13.7. The van der Waals surface area contributed by atoms with Gasteiger partial charge in [0.25, 0.3) is 5.91 Å². The highest BCUT2D eigenvalue weighted by atomic mass is 19.1. The van der Waals surface area contributed by atoms with Crippen molar-refractivity contribution in [3.8, 4) is 5.75 Å². The molecule has 0 aliphatic rings. The van der Waals surface area contributed by atoms with Crippen LogP contribution in [0.1, 0.15) is 38.1 Å². The van der Waals surface area contributed by atoms with Crippen LogP contribution in [0, 0.1) is 0 Å². The number of amides is 1. The van der Waals surface area contributed by atoms with Gasteiger partial charge >= 0.3 is 0 Å². The molecule has 0 aromatic heterocycles. The van der Waals surface area contributed by atoms with E-state index < -0.39 is 5.83 Å². The molecule has 0 aliphatic heterocycles. The molecular weight excluding hydrogens is 283 g/mol. The maximum Gasteiger partial charge on any atom is 0.254 e. The Kier molecular flexibility index (Phi) is 7.05. The van der Waals surface area contributed by atoms with Gasteiger partial charge in [0.2, 0.25) is 0 Å². The molecule has 0 fully saturated rings. The fraction of sp³-hybridized carbons (Fsp3) is 0.471. The molecule has 5 heteroatoms. The van der Waals surface area contributed by atoms with Crippen molar-refractivity contribution in [2.45, 2.75) is 39.8 Å². The third-order valence-corrected chi connectivity index (χ3v) is 3.16. The number of rotatable bonds is 7. The summed E-state index contributed by atoms with van der Waals surface area (Å²) in [5.74, 6) is 0.0805. The molecule has 1 amide bonds. The Morgan fingerprint density at radius 3 is 2.23 bits per heavy atom. The van der Waals surface area contributed by atoms with Crippen molar-refractivity contribution in [1.82, 2.24) is 4.90 Å². The Morgan fingerprint density at radius 1 is 1.23 bits per heavy atom. The summed E-state index contributed by atoms with van der Waals surface area (Å²) in [6.45, 7) is 7.94. The number of halogens is 1. The van der Waals surface area contributed by atoms with Gasteiger partial charge in [0, 0.05) is 24.2 Å². The van der Waals surface area contributed by atoms with Crippen LogP contribution in [0.5, 0.6) is 5.75 Å². The van der Waals surface area contributed by atoms with Crippen molar-refractivity contribution >= 4 is 5.91 Å². The van der Waals surface area contributed by atoms with Gasteiger partial charge in [0.05, 0.1) is 0 Å². The van der Waals surface area contributed by atoms with Crippen LogP contribution in [0.2, 0.25) is 0 Å². The lowest BCUT2D eigenvalue weighted by molar-refractivity contribution is 0.0643. The van der Waals surface area contributed by atoms with Crippen molar-refractivity contribution in [3.05, 3.63) is 41.7 Å². The molecule has 1 rings (SSSR count). The average Bonchev–Trinajstić information content (AvgIpc) is 2.45. The van der Waals surface area contributed by atoms with Crippen molar-refractivity contribution in [2.24, 2.45) is 5.73 Å². The Labute approximate surface area is 131 Å². The fourth-order valence-corrected chi connectivity index (χ4v) is 2.25. The quantitative estimate of drug-likeness (QED) is 0.842. The largest absolute Gasteiger partial charge is 0.487 e. The first-order valence-electron chi connectivity index (χ1n) is 7.47. The molecule has 0 atom stereocenters. The van der Waals surface area contributed by atoms with E-state index in [1.54, 1.807) is 24.3 Å². The smallest absolute Gasteiger partial charge is 0.254 e. The molecule has 0 bridgehead atoms. The molecule has 0 aliphatic carbocycles. The van der Waals surface area contributed by atoms with Crippen molar-refractivity contribution in [1.29, 1.82) is 0 Å². The highest BCUT2D eigenvalue weighted by molar-refractivity contribution is 5.94. The van der Waals surface area contributed by atoms with E-state index >= 15 is 0 Å². The lowest BCUT2D eigenvalue weighted by Crippen LogP contribution is -2.42. The average molecular weight is 308 g/mol. The number of carbonyl (C=O) groups is 1.